The third-order valence-corrected chi connectivity index (χ3v) is 2.89. The van der Waals surface area contributed by atoms with E-state index in [0.717, 1.165) is 6.26 Å². The summed E-state index contributed by atoms with van der Waals surface area (Å²) in [6, 6.07) is 1.30. The molecule has 0 fully saturated rings. The Morgan fingerprint density at radius 1 is 1.53 bits per heavy atom. The maximum absolute atomic E-state index is 11.4. The molecule has 0 aliphatic rings. The van der Waals surface area contributed by atoms with E-state index >= 15 is 0 Å². The summed E-state index contributed by atoms with van der Waals surface area (Å²) in [4.78, 5) is 17.5. The van der Waals surface area contributed by atoms with Gasteiger partial charge in [0.1, 0.15) is 4.70 Å². The van der Waals surface area contributed by atoms with Crippen LogP contribution in [0.1, 0.15) is 0 Å². The summed E-state index contributed by atoms with van der Waals surface area (Å²) in [6.07, 6.45) is 0.880. The van der Waals surface area contributed by atoms with Crippen LogP contribution < -0.4 is 9.74 Å². The predicted octanol–water partition coefficient (Wildman–Crippen LogP) is 0.323. The summed E-state index contributed by atoms with van der Waals surface area (Å²) in [5, 5.41) is 1.69. The van der Waals surface area contributed by atoms with Crippen molar-refractivity contribution >= 4 is 31.7 Å². The molecule has 8 heteroatoms. The van der Waals surface area contributed by atoms with Crippen LogP contribution >= 0.6 is 11.3 Å². The lowest BCUT2D eigenvalue weighted by Gasteiger charge is -2.00. The maximum Gasteiger partial charge on any atom is 0.314 e. The molecule has 0 spiro atoms. The van der Waals surface area contributed by atoms with Gasteiger partial charge in [0.25, 0.3) is 5.56 Å². The smallest absolute Gasteiger partial charge is 0.314 e. The number of nitrogens with one attached hydrogen (secondary N) is 1. The van der Waals surface area contributed by atoms with Crippen LogP contribution in [0.5, 0.6) is 6.01 Å². The van der Waals surface area contributed by atoms with Gasteiger partial charge in [0.15, 0.2) is 0 Å². The average molecular weight is 246 g/mol. The Kier molecular flexibility index (Phi) is 2.24. The van der Waals surface area contributed by atoms with Gasteiger partial charge in [0.05, 0.1) is 11.8 Å². The van der Waals surface area contributed by atoms with Gasteiger partial charge in [0.2, 0.25) is 0 Å². The number of hydrogen-bond donors (Lipinski definition) is 1. The standard InChI is InChI=1S/C7H6N2O4S2/c1-15(11,12)13-7-8-4-2-3-14-5(4)6(10)9-7/h2-3H,1H3,(H,8,9,10). The third kappa shape index (κ3) is 2.16. The Labute approximate surface area is 88.7 Å². The van der Waals surface area contributed by atoms with E-state index in [-0.39, 0.29) is 6.01 Å². The second-order valence-corrected chi connectivity index (χ2v) is 5.28. The molecule has 15 heavy (non-hydrogen) atoms. The monoisotopic (exact) mass is 246 g/mol. The Balaban J connectivity index is 2.59. The van der Waals surface area contributed by atoms with E-state index in [1.165, 1.54) is 11.3 Å². The third-order valence-electron chi connectivity index (χ3n) is 1.52. The van der Waals surface area contributed by atoms with E-state index in [2.05, 4.69) is 14.2 Å². The van der Waals surface area contributed by atoms with Gasteiger partial charge in [-0.1, -0.05) is 0 Å². The number of H-pyrrole nitrogens is 1. The minimum absolute atomic E-state index is 0.312. The summed E-state index contributed by atoms with van der Waals surface area (Å²) in [5.74, 6) is 0. The lowest BCUT2D eigenvalue weighted by molar-refractivity contribution is 0.471. The number of hydrogen-bond acceptors (Lipinski definition) is 6. The molecule has 2 aromatic rings. The molecule has 80 valence electrons. The number of nitrogens with zero attached hydrogens (tertiary/aromatic N) is 1. The van der Waals surface area contributed by atoms with Gasteiger partial charge in [-0.25, -0.2) is 0 Å². The van der Waals surface area contributed by atoms with Crippen molar-refractivity contribution in [2.45, 2.75) is 0 Å². The van der Waals surface area contributed by atoms with E-state index in [0.29, 0.717) is 10.2 Å². The Hall–Kier alpha value is -1.41. The predicted molar refractivity (Wildman–Crippen MR) is 55.7 cm³/mol. The second kappa shape index (κ2) is 3.31. The molecule has 0 aromatic carbocycles. The van der Waals surface area contributed by atoms with Crippen LogP contribution in [0.25, 0.3) is 10.2 Å². The summed E-state index contributed by atoms with van der Waals surface area (Å²) < 4.78 is 26.5. The van der Waals surface area contributed by atoms with Crippen LogP contribution in [-0.2, 0) is 10.1 Å². The molecule has 0 bridgehead atoms. The van der Waals surface area contributed by atoms with Gasteiger partial charge in [-0.2, -0.15) is 13.4 Å². The van der Waals surface area contributed by atoms with Crippen LogP contribution in [0.15, 0.2) is 16.2 Å². The van der Waals surface area contributed by atoms with E-state index in [1.54, 1.807) is 11.4 Å². The van der Waals surface area contributed by atoms with Gasteiger partial charge in [0, 0.05) is 0 Å². The van der Waals surface area contributed by atoms with Crippen molar-refractivity contribution in [1.29, 1.82) is 0 Å². The van der Waals surface area contributed by atoms with E-state index < -0.39 is 15.7 Å². The first-order chi connectivity index (χ1) is 6.96. The molecule has 2 rings (SSSR count). The van der Waals surface area contributed by atoms with Crippen molar-refractivity contribution in [3.8, 4) is 6.01 Å². The van der Waals surface area contributed by atoms with Crippen molar-refractivity contribution < 1.29 is 12.6 Å². The topological polar surface area (TPSA) is 89.1 Å². The highest BCUT2D eigenvalue weighted by Crippen LogP contribution is 2.16. The molecule has 0 saturated carbocycles. The summed E-state index contributed by atoms with van der Waals surface area (Å²) in [5.41, 5.74) is 0.0102. The van der Waals surface area contributed by atoms with Crippen molar-refractivity contribution in [3.63, 3.8) is 0 Å². The van der Waals surface area contributed by atoms with E-state index in [4.69, 9.17) is 0 Å². The van der Waals surface area contributed by atoms with Crippen LogP contribution in [0.3, 0.4) is 0 Å². The molecule has 2 heterocycles. The van der Waals surface area contributed by atoms with Gasteiger partial charge in [-0.05, 0) is 11.4 Å². The summed E-state index contributed by atoms with van der Waals surface area (Å²) in [7, 11) is -3.67. The van der Waals surface area contributed by atoms with Gasteiger partial charge in [-0.15, -0.1) is 11.3 Å². The fourth-order valence-electron chi connectivity index (χ4n) is 1.03. The quantitative estimate of drug-likeness (QED) is 0.771. The Bertz CT molecular complexity index is 655. The van der Waals surface area contributed by atoms with Crippen molar-refractivity contribution in [2.24, 2.45) is 0 Å². The molecule has 0 unspecified atom stereocenters. The van der Waals surface area contributed by atoms with Crippen molar-refractivity contribution in [3.05, 3.63) is 21.8 Å². The largest absolute Gasteiger partial charge is 0.345 e. The first-order valence-electron chi connectivity index (χ1n) is 3.83. The SMILES string of the molecule is CS(=O)(=O)Oc1nc2ccsc2c(=O)[nH]1. The van der Waals surface area contributed by atoms with Crippen LogP contribution in [0.2, 0.25) is 0 Å². The zero-order chi connectivity index (χ0) is 11.1. The van der Waals surface area contributed by atoms with Gasteiger partial charge in [-0.3, -0.25) is 9.78 Å². The first kappa shape index (κ1) is 10.1. The molecule has 0 aliphatic carbocycles. The molecule has 0 radical (unpaired) electrons. The normalized spacial score (nSPS) is 11.8. The van der Waals surface area contributed by atoms with Crippen LogP contribution in [0, 0.1) is 0 Å². The molecule has 0 atom stereocenters. The fourth-order valence-corrected chi connectivity index (χ4v) is 2.13. The molecule has 1 N–H and O–H groups in total. The number of aromatic nitrogens is 2. The second-order valence-electron chi connectivity index (χ2n) is 2.79. The highest BCUT2D eigenvalue weighted by molar-refractivity contribution is 7.86. The zero-order valence-electron chi connectivity index (χ0n) is 7.55. The fraction of sp³-hybridized carbons (Fsp3) is 0.143. The molecule has 0 saturated heterocycles. The number of thiophene rings is 1. The minimum atomic E-state index is -3.67. The van der Waals surface area contributed by atoms with Crippen LogP contribution in [0.4, 0.5) is 0 Å². The zero-order valence-corrected chi connectivity index (χ0v) is 9.18. The van der Waals surface area contributed by atoms with Gasteiger partial charge >= 0.3 is 16.1 Å². The first-order valence-corrected chi connectivity index (χ1v) is 6.52. The van der Waals surface area contributed by atoms with Gasteiger partial charge < -0.3 is 4.18 Å². The van der Waals surface area contributed by atoms with E-state index in [9.17, 15) is 13.2 Å². The maximum atomic E-state index is 11.4. The molecule has 0 amide bonds. The number of aromatic amines is 1. The lowest BCUT2D eigenvalue weighted by atomic mass is 10.5. The number of rotatable bonds is 2. The average Bonchev–Trinajstić information content (AvgIpc) is 2.48. The minimum Gasteiger partial charge on any atom is -0.345 e. The van der Waals surface area contributed by atoms with Crippen LogP contribution in [-0.4, -0.2) is 24.6 Å². The molecule has 0 aliphatic heterocycles. The summed E-state index contributed by atoms with van der Waals surface area (Å²) >= 11 is 1.23. The van der Waals surface area contributed by atoms with E-state index in [1.807, 2.05) is 0 Å². The Morgan fingerprint density at radius 3 is 2.93 bits per heavy atom. The molecular formula is C7H6N2O4S2. The summed E-state index contributed by atoms with van der Waals surface area (Å²) in [6.45, 7) is 0. The molecule has 6 nitrogen and oxygen atoms in total. The number of fused-ring (bicyclic) bond motifs is 1. The molecular weight excluding hydrogens is 240 g/mol. The highest BCUT2D eigenvalue weighted by Gasteiger charge is 2.10. The molecule has 2 aromatic heterocycles. The Morgan fingerprint density at radius 2 is 2.27 bits per heavy atom. The lowest BCUT2D eigenvalue weighted by Crippen LogP contribution is -2.13. The highest BCUT2D eigenvalue weighted by atomic mass is 32.2. The van der Waals surface area contributed by atoms with Crippen molar-refractivity contribution in [1.82, 2.24) is 9.97 Å². The van der Waals surface area contributed by atoms with Crippen molar-refractivity contribution in [2.75, 3.05) is 6.26 Å².